The van der Waals surface area contributed by atoms with E-state index in [1.165, 1.54) is 30.3 Å². The van der Waals surface area contributed by atoms with Gasteiger partial charge in [-0.2, -0.15) is 0 Å². The van der Waals surface area contributed by atoms with Crippen molar-refractivity contribution in [2.45, 2.75) is 6.36 Å². The lowest BCUT2D eigenvalue weighted by molar-refractivity contribution is -0.274. The molecule has 0 amide bonds. The van der Waals surface area contributed by atoms with Crippen LogP contribution in [0.3, 0.4) is 0 Å². The van der Waals surface area contributed by atoms with Gasteiger partial charge in [0.1, 0.15) is 17.8 Å². The fourth-order valence-corrected chi connectivity index (χ4v) is 1.72. The third kappa shape index (κ3) is 3.50. The normalized spacial score (nSPS) is 11.2. The SMILES string of the molecule is O=Cc1cc(O)cc(-c2ccc(OC(F)(F)F)cc2)c1. The Hall–Kier alpha value is -2.50. The van der Waals surface area contributed by atoms with Crippen LogP contribution in [0.4, 0.5) is 13.2 Å². The highest BCUT2D eigenvalue weighted by atomic mass is 19.4. The number of aromatic hydroxyl groups is 1. The zero-order valence-corrected chi connectivity index (χ0v) is 10.0. The first-order chi connectivity index (χ1) is 9.37. The molecule has 2 aromatic rings. The second-order valence-electron chi connectivity index (χ2n) is 4.00. The van der Waals surface area contributed by atoms with Crippen LogP contribution in [0.15, 0.2) is 42.5 Å². The Labute approximate surface area is 112 Å². The summed E-state index contributed by atoms with van der Waals surface area (Å²) < 4.78 is 39.8. The molecule has 20 heavy (non-hydrogen) atoms. The number of phenols is 1. The number of carbonyl (C=O) groups excluding carboxylic acids is 1. The molecule has 0 radical (unpaired) electrons. The highest BCUT2D eigenvalue weighted by Gasteiger charge is 2.30. The average Bonchev–Trinajstić information content (AvgIpc) is 2.37. The number of alkyl halides is 3. The Morgan fingerprint density at radius 3 is 2.20 bits per heavy atom. The molecule has 2 rings (SSSR count). The monoisotopic (exact) mass is 282 g/mol. The van der Waals surface area contributed by atoms with Crippen LogP contribution in [0.2, 0.25) is 0 Å². The standard InChI is InChI=1S/C14H9F3O3/c15-14(16,17)20-13-3-1-10(2-4-13)11-5-9(8-18)6-12(19)7-11/h1-8,19H. The molecule has 0 heterocycles. The van der Waals surface area contributed by atoms with Gasteiger partial charge in [-0.1, -0.05) is 12.1 Å². The summed E-state index contributed by atoms with van der Waals surface area (Å²) in [6.07, 6.45) is -4.17. The zero-order chi connectivity index (χ0) is 14.8. The van der Waals surface area contributed by atoms with Crippen LogP contribution in [-0.2, 0) is 0 Å². The van der Waals surface area contributed by atoms with E-state index in [1.807, 2.05) is 0 Å². The number of hydrogen-bond acceptors (Lipinski definition) is 3. The van der Waals surface area contributed by atoms with Gasteiger partial charge in [-0.15, -0.1) is 13.2 Å². The van der Waals surface area contributed by atoms with Crippen LogP contribution >= 0.6 is 0 Å². The minimum atomic E-state index is -4.74. The van der Waals surface area contributed by atoms with Gasteiger partial charge in [-0.3, -0.25) is 4.79 Å². The van der Waals surface area contributed by atoms with Crippen molar-refractivity contribution in [2.24, 2.45) is 0 Å². The van der Waals surface area contributed by atoms with Crippen molar-refractivity contribution in [2.75, 3.05) is 0 Å². The lowest BCUT2D eigenvalue weighted by Gasteiger charge is -2.09. The summed E-state index contributed by atoms with van der Waals surface area (Å²) in [5, 5.41) is 9.46. The van der Waals surface area contributed by atoms with Crippen molar-refractivity contribution < 1.29 is 27.8 Å². The van der Waals surface area contributed by atoms with Crippen LogP contribution in [0.25, 0.3) is 11.1 Å². The lowest BCUT2D eigenvalue weighted by Crippen LogP contribution is -2.16. The van der Waals surface area contributed by atoms with E-state index < -0.39 is 6.36 Å². The Bertz CT molecular complexity index is 619. The summed E-state index contributed by atoms with van der Waals surface area (Å²) in [5.74, 6) is -0.433. The highest BCUT2D eigenvalue weighted by molar-refractivity contribution is 5.80. The maximum Gasteiger partial charge on any atom is 0.573 e. The average molecular weight is 282 g/mol. The maximum absolute atomic E-state index is 12.0. The summed E-state index contributed by atoms with van der Waals surface area (Å²) >= 11 is 0. The third-order valence-corrected chi connectivity index (χ3v) is 2.50. The molecule has 0 spiro atoms. The molecule has 0 aliphatic heterocycles. The minimum Gasteiger partial charge on any atom is -0.508 e. The summed E-state index contributed by atoms with van der Waals surface area (Å²) in [5.41, 5.74) is 1.35. The first-order valence-corrected chi connectivity index (χ1v) is 5.53. The van der Waals surface area contributed by atoms with E-state index in [2.05, 4.69) is 4.74 Å². The van der Waals surface area contributed by atoms with E-state index in [4.69, 9.17) is 0 Å². The minimum absolute atomic E-state index is 0.0970. The van der Waals surface area contributed by atoms with Gasteiger partial charge in [0.05, 0.1) is 0 Å². The predicted octanol–water partition coefficient (Wildman–Crippen LogP) is 3.77. The van der Waals surface area contributed by atoms with Gasteiger partial charge in [-0.25, -0.2) is 0 Å². The van der Waals surface area contributed by atoms with Gasteiger partial charge in [0.2, 0.25) is 0 Å². The second kappa shape index (κ2) is 5.24. The number of phenolic OH excluding ortho intramolecular Hbond substituents is 1. The molecule has 2 aromatic carbocycles. The molecule has 6 heteroatoms. The molecule has 1 N–H and O–H groups in total. The summed E-state index contributed by atoms with van der Waals surface area (Å²) in [4.78, 5) is 10.7. The van der Waals surface area contributed by atoms with E-state index in [1.54, 1.807) is 0 Å². The van der Waals surface area contributed by atoms with Gasteiger partial charge < -0.3 is 9.84 Å². The van der Waals surface area contributed by atoms with E-state index in [-0.39, 0.29) is 17.1 Å². The number of halogens is 3. The third-order valence-electron chi connectivity index (χ3n) is 2.50. The number of benzene rings is 2. The number of ether oxygens (including phenoxy) is 1. The molecule has 0 fully saturated rings. The molecule has 0 aromatic heterocycles. The smallest absolute Gasteiger partial charge is 0.508 e. The van der Waals surface area contributed by atoms with Gasteiger partial charge in [0.15, 0.2) is 0 Å². The fourth-order valence-electron chi connectivity index (χ4n) is 1.72. The molecule has 0 unspecified atom stereocenters. The van der Waals surface area contributed by atoms with Crippen molar-refractivity contribution in [3.8, 4) is 22.6 Å². The Morgan fingerprint density at radius 1 is 1.00 bits per heavy atom. The molecule has 0 saturated carbocycles. The molecule has 104 valence electrons. The fraction of sp³-hybridized carbons (Fsp3) is 0.0714. The van der Waals surface area contributed by atoms with E-state index >= 15 is 0 Å². The quantitative estimate of drug-likeness (QED) is 0.872. The van der Waals surface area contributed by atoms with Crippen molar-refractivity contribution in [3.63, 3.8) is 0 Å². The van der Waals surface area contributed by atoms with Crippen molar-refractivity contribution >= 4 is 6.29 Å². The van der Waals surface area contributed by atoms with Crippen molar-refractivity contribution in [1.82, 2.24) is 0 Å². The Morgan fingerprint density at radius 2 is 1.65 bits per heavy atom. The molecule has 0 aliphatic carbocycles. The van der Waals surface area contributed by atoms with E-state index in [0.717, 1.165) is 12.1 Å². The van der Waals surface area contributed by atoms with Crippen LogP contribution in [0.1, 0.15) is 10.4 Å². The van der Waals surface area contributed by atoms with E-state index in [0.29, 0.717) is 17.4 Å². The molecule has 0 bridgehead atoms. The lowest BCUT2D eigenvalue weighted by atomic mass is 10.0. The zero-order valence-electron chi connectivity index (χ0n) is 10.0. The van der Waals surface area contributed by atoms with Gasteiger partial charge in [0.25, 0.3) is 0 Å². The number of hydrogen-bond donors (Lipinski definition) is 1. The summed E-state index contributed by atoms with van der Waals surface area (Å²) in [6, 6.07) is 9.35. The Balaban J connectivity index is 2.30. The first kappa shape index (κ1) is 13.9. The van der Waals surface area contributed by atoms with Crippen molar-refractivity contribution in [3.05, 3.63) is 48.0 Å². The van der Waals surface area contributed by atoms with Gasteiger partial charge in [0, 0.05) is 5.56 Å². The number of carbonyl (C=O) groups is 1. The molecule has 0 atom stereocenters. The molecular formula is C14H9F3O3. The van der Waals surface area contributed by atoms with Crippen molar-refractivity contribution in [1.29, 1.82) is 0 Å². The van der Waals surface area contributed by atoms with E-state index in [9.17, 15) is 23.1 Å². The summed E-state index contributed by atoms with van der Waals surface area (Å²) in [6.45, 7) is 0. The van der Waals surface area contributed by atoms with Crippen LogP contribution in [-0.4, -0.2) is 17.8 Å². The largest absolute Gasteiger partial charge is 0.573 e. The summed E-state index contributed by atoms with van der Waals surface area (Å²) in [7, 11) is 0. The van der Waals surface area contributed by atoms with Gasteiger partial charge >= 0.3 is 6.36 Å². The highest BCUT2D eigenvalue weighted by Crippen LogP contribution is 2.28. The first-order valence-electron chi connectivity index (χ1n) is 5.53. The molecular weight excluding hydrogens is 273 g/mol. The van der Waals surface area contributed by atoms with Crippen LogP contribution < -0.4 is 4.74 Å². The van der Waals surface area contributed by atoms with Crippen LogP contribution in [0, 0.1) is 0 Å². The molecule has 0 saturated heterocycles. The molecule has 3 nitrogen and oxygen atoms in total. The number of aldehydes is 1. The number of rotatable bonds is 3. The predicted molar refractivity (Wildman–Crippen MR) is 65.6 cm³/mol. The van der Waals surface area contributed by atoms with Gasteiger partial charge in [-0.05, 0) is 41.5 Å². The maximum atomic E-state index is 12.0. The Kier molecular flexibility index (Phi) is 3.65. The topological polar surface area (TPSA) is 46.5 Å². The molecule has 0 aliphatic rings. The van der Waals surface area contributed by atoms with Crippen LogP contribution in [0.5, 0.6) is 11.5 Å². The second-order valence-corrected chi connectivity index (χ2v) is 4.00.